The van der Waals surface area contributed by atoms with Crippen molar-refractivity contribution in [3.8, 4) is 0 Å². The third kappa shape index (κ3) is 5.97. The molecule has 1 heterocycles. The van der Waals surface area contributed by atoms with E-state index in [1.807, 2.05) is 4.90 Å². The summed E-state index contributed by atoms with van der Waals surface area (Å²) < 4.78 is 0. The molecule has 26 heavy (non-hydrogen) atoms. The predicted octanol–water partition coefficient (Wildman–Crippen LogP) is 2.24. The van der Waals surface area contributed by atoms with Crippen LogP contribution in [-0.2, 0) is 4.79 Å². The number of nitrogens with one attached hydrogen (secondary N) is 1. The van der Waals surface area contributed by atoms with Crippen LogP contribution in [0.3, 0.4) is 0 Å². The Morgan fingerprint density at radius 3 is 2.35 bits per heavy atom. The minimum atomic E-state index is 0. The Hall–Kier alpha value is -0.570. The number of piperazine rings is 1. The molecule has 1 aliphatic carbocycles. The molecule has 7 heteroatoms. The van der Waals surface area contributed by atoms with Gasteiger partial charge in [0.1, 0.15) is 0 Å². The molecular weight excluding hydrogens is 441 g/mol. The van der Waals surface area contributed by atoms with Crippen LogP contribution in [0.15, 0.2) is 4.99 Å². The van der Waals surface area contributed by atoms with Crippen molar-refractivity contribution < 1.29 is 4.79 Å². The van der Waals surface area contributed by atoms with Crippen molar-refractivity contribution in [1.29, 1.82) is 0 Å². The summed E-state index contributed by atoms with van der Waals surface area (Å²) in [5.41, 5.74) is 0.180. The standard InChI is InChI=1S/C19H37N5O.HI/c1-6-20-18(24-12-10-23(11-13-24)17(3)25)21-15-19(22(4)5)9-7-8-16(2)14-19;/h16H,6-15H2,1-5H3,(H,20,21);1H. The molecule has 2 rings (SSSR count). The molecule has 0 spiro atoms. The minimum absolute atomic E-state index is 0. The molecule has 0 aromatic heterocycles. The summed E-state index contributed by atoms with van der Waals surface area (Å²) >= 11 is 0. The highest BCUT2D eigenvalue weighted by Gasteiger charge is 2.37. The normalized spacial score (nSPS) is 27.3. The number of carbonyl (C=O) groups is 1. The summed E-state index contributed by atoms with van der Waals surface area (Å²) in [6.07, 6.45) is 5.08. The summed E-state index contributed by atoms with van der Waals surface area (Å²) in [6.45, 7) is 11.1. The molecular formula is C19H38IN5O. The zero-order chi connectivity index (χ0) is 18.4. The molecule has 0 aromatic carbocycles. The van der Waals surface area contributed by atoms with E-state index in [1.165, 1.54) is 25.7 Å². The van der Waals surface area contributed by atoms with Gasteiger partial charge in [0.15, 0.2) is 5.96 Å². The summed E-state index contributed by atoms with van der Waals surface area (Å²) in [5, 5.41) is 3.46. The fourth-order valence-corrected chi connectivity index (χ4v) is 4.20. The third-order valence-electron chi connectivity index (χ3n) is 5.90. The fraction of sp³-hybridized carbons (Fsp3) is 0.895. The number of aliphatic imine (C=N–C) groups is 1. The van der Waals surface area contributed by atoms with Crippen molar-refractivity contribution in [1.82, 2.24) is 20.0 Å². The number of carbonyl (C=O) groups excluding carboxylic acids is 1. The summed E-state index contributed by atoms with van der Waals surface area (Å²) in [7, 11) is 4.40. The zero-order valence-corrected chi connectivity index (χ0v) is 19.6. The van der Waals surface area contributed by atoms with Gasteiger partial charge in [0.25, 0.3) is 0 Å². The van der Waals surface area contributed by atoms with Crippen molar-refractivity contribution in [2.24, 2.45) is 10.9 Å². The fourth-order valence-electron chi connectivity index (χ4n) is 4.20. The first-order valence-corrected chi connectivity index (χ1v) is 9.84. The van der Waals surface area contributed by atoms with Crippen LogP contribution < -0.4 is 5.32 Å². The second-order valence-corrected chi connectivity index (χ2v) is 7.98. The van der Waals surface area contributed by atoms with Crippen LogP contribution in [-0.4, -0.2) is 85.5 Å². The van der Waals surface area contributed by atoms with Gasteiger partial charge in [-0.25, -0.2) is 0 Å². The topological polar surface area (TPSA) is 51.2 Å². The van der Waals surface area contributed by atoms with Gasteiger partial charge in [-0.3, -0.25) is 9.79 Å². The van der Waals surface area contributed by atoms with E-state index in [0.29, 0.717) is 0 Å². The van der Waals surface area contributed by atoms with Gasteiger partial charge >= 0.3 is 0 Å². The van der Waals surface area contributed by atoms with E-state index in [9.17, 15) is 4.79 Å². The highest BCUT2D eigenvalue weighted by atomic mass is 127. The van der Waals surface area contributed by atoms with Gasteiger partial charge in [0.05, 0.1) is 6.54 Å². The van der Waals surface area contributed by atoms with Gasteiger partial charge in [0, 0.05) is 45.2 Å². The molecule has 2 unspecified atom stereocenters. The molecule has 2 aliphatic rings. The molecule has 6 nitrogen and oxygen atoms in total. The number of amides is 1. The first kappa shape index (κ1) is 23.5. The quantitative estimate of drug-likeness (QED) is 0.382. The van der Waals surface area contributed by atoms with Gasteiger partial charge < -0.3 is 20.0 Å². The molecule has 2 fully saturated rings. The molecule has 1 N–H and O–H groups in total. The average molecular weight is 479 g/mol. The molecule has 1 saturated heterocycles. The highest BCUT2D eigenvalue weighted by molar-refractivity contribution is 14.0. The Morgan fingerprint density at radius 2 is 1.85 bits per heavy atom. The van der Waals surface area contributed by atoms with Crippen LogP contribution in [0.25, 0.3) is 0 Å². The van der Waals surface area contributed by atoms with E-state index in [0.717, 1.165) is 51.1 Å². The number of hydrogen-bond acceptors (Lipinski definition) is 3. The number of likely N-dealkylation sites (N-methyl/N-ethyl adjacent to an activating group) is 1. The lowest BCUT2D eigenvalue weighted by Gasteiger charge is -2.44. The number of nitrogens with zero attached hydrogens (tertiary/aromatic N) is 4. The van der Waals surface area contributed by atoms with Gasteiger partial charge in [-0.1, -0.05) is 19.8 Å². The largest absolute Gasteiger partial charge is 0.357 e. The molecule has 2 atom stereocenters. The number of halogens is 1. The van der Waals surface area contributed by atoms with Crippen LogP contribution in [0.1, 0.15) is 46.5 Å². The molecule has 1 amide bonds. The number of guanidine groups is 1. The molecule has 152 valence electrons. The monoisotopic (exact) mass is 479 g/mol. The summed E-state index contributed by atoms with van der Waals surface area (Å²) in [5.74, 6) is 1.95. The zero-order valence-electron chi connectivity index (χ0n) is 17.3. The third-order valence-corrected chi connectivity index (χ3v) is 5.90. The lowest BCUT2D eigenvalue weighted by molar-refractivity contribution is -0.130. The molecule has 0 radical (unpaired) electrons. The Morgan fingerprint density at radius 1 is 1.23 bits per heavy atom. The maximum atomic E-state index is 11.5. The first-order chi connectivity index (χ1) is 11.9. The van der Waals surface area contributed by atoms with Gasteiger partial charge in [-0.15, -0.1) is 24.0 Å². The highest BCUT2D eigenvalue weighted by Crippen LogP contribution is 2.35. The van der Waals surface area contributed by atoms with Gasteiger partial charge in [-0.05, 0) is 39.8 Å². The van der Waals surface area contributed by atoms with E-state index in [1.54, 1.807) is 6.92 Å². The van der Waals surface area contributed by atoms with Crippen molar-refractivity contribution in [3.63, 3.8) is 0 Å². The lowest BCUT2D eigenvalue weighted by atomic mass is 9.75. The van der Waals surface area contributed by atoms with E-state index < -0.39 is 0 Å². The molecule has 1 saturated carbocycles. The molecule has 0 aromatic rings. The second-order valence-electron chi connectivity index (χ2n) is 7.98. The Bertz CT molecular complexity index is 477. The van der Waals surface area contributed by atoms with Gasteiger partial charge in [-0.2, -0.15) is 0 Å². The van der Waals surface area contributed by atoms with Crippen molar-refractivity contribution >= 4 is 35.8 Å². The number of rotatable bonds is 4. The summed E-state index contributed by atoms with van der Waals surface area (Å²) in [4.78, 5) is 23.2. The van der Waals surface area contributed by atoms with E-state index in [2.05, 4.69) is 43.1 Å². The van der Waals surface area contributed by atoms with Crippen molar-refractivity contribution in [3.05, 3.63) is 0 Å². The van der Waals surface area contributed by atoms with Crippen LogP contribution in [0.5, 0.6) is 0 Å². The summed E-state index contributed by atoms with van der Waals surface area (Å²) in [6, 6.07) is 0. The van der Waals surface area contributed by atoms with Crippen molar-refractivity contribution in [2.45, 2.75) is 52.0 Å². The van der Waals surface area contributed by atoms with Crippen LogP contribution in [0, 0.1) is 5.92 Å². The Kier molecular flexibility index (Phi) is 9.64. The minimum Gasteiger partial charge on any atom is -0.357 e. The molecule has 1 aliphatic heterocycles. The predicted molar refractivity (Wildman–Crippen MR) is 119 cm³/mol. The van der Waals surface area contributed by atoms with Crippen molar-refractivity contribution in [2.75, 3.05) is 53.4 Å². The van der Waals surface area contributed by atoms with Crippen LogP contribution in [0.4, 0.5) is 0 Å². The Balaban J connectivity index is 0.00000338. The average Bonchev–Trinajstić information content (AvgIpc) is 2.58. The maximum Gasteiger partial charge on any atom is 0.219 e. The first-order valence-electron chi connectivity index (χ1n) is 9.84. The van der Waals surface area contributed by atoms with Crippen LogP contribution >= 0.6 is 24.0 Å². The van der Waals surface area contributed by atoms with E-state index in [4.69, 9.17) is 4.99 Å². The smallest absolute Gasteiger partial charge is 0.219 e. The SMILES string of the molecule is CCNC(=NCC1(N(C)C)CCCC(C)C1)N1CCN(C(C)=O)CC1.I. The number of hydrogen-bond donors (Lipinski definition) is 1. The lowest BCUT2D eigenvalue weighted by Crippen LogP contribution is -2.54. The van der Waals surface area contributed by atoms with E-state index >= 15 is 0 Å². The van der Waals surface area contributed by atoms with Gasteiger partial charge in [0.2, 0.25) is 5.91 Å². The second kappa shape index (κ2) is 10.7. The maximum absolute atomic E-state index is 11.5. The van der Waals surface area contributed by atoms with Crippen LogP contribution in [0.2, 0.25) is 0 Å². The molecule has 0 bridgehead atoms. The van der Waals surface area contributed by atoms with E-state index in [-0.39, 0.29) is 35.4 Å². The Labute approximate surface area is 176 Å².